The predicted octanol–water partition coefficient (Wildman–Crippen LogP) is 3.98. The van der Waals surface area contributed by atoms with Crippen molar-refractivity contribution in [2.75, 3.05) is 31.7 Å². The zero-order valence-corrected chi connectivity index (χ0v) is 17.1. The molecule has 0 bridgehead atoms. The van der Waals surface area contributed by atoms with E-state index in [4.69, 9.17) is 14.2 Å². The van der Waals surface area contributed by atoms with Crippen molar-refractivity contribution >= 4 is 15.7 Å². The average Bonchev–Trinajstić information content (AvgIpc) is 2.77. The normalized spacial score (nSPS) is 11.0. The summed E-state index contributed by atoms with van der Waals surface area (Å²) in [5.74, 6) is 2.14. The molecular formula is C22H23NO5S. The molecule has 0 saturated heterocycles. The van der Waals surface area contributed by atoms with E-state index in [1.165, 1.54) is 11.4 Å². The Kier molecular flexibility index (Phi) is 6.61. The van der Waals surface area contributed by atoms with Crippen LogP contribution in [-0.4, -0.2) is 35.8 Å². The lowest BCUT2D eigenvalue weighted by atomic mass is 10.3. The van der Waals surface area contributed by atoms with Crippen LogP contribution in [0.5, 0.6) is 17.2 Å². The topological polar surface area (TPSA) is 65.1 Å². The molecule has 29 heavy (non-hydrogen) atoms. The van der Waals surface area contributed by atoms with Gasteiger partial charge in [-0.3, -0.25) is 4.31 Å². The summed E-state index contributed by atoms with van der Waals surface area (Å²) in [4.78, 5) is 0.249. The van der Waals surface area contributed by atoms with Crippen LogP contribution in [0.15, 0.2) is 83.8 Å². The summed E-state index contributed by atoms with van der Waals surface area (Å²) >= 11 is 0. The molecule has 0 saturated carbocycles. The molecule has 0 aliphatic heterocycles. The van der Waals surface area contributed by atoms with Crippen molar-refractivity contribution in [3.05, 3.63) is 78.9 Å². The molecule has 0 atom stereocenters. The van der Waals surface area contributed by atoms with Crippen molar-refractivity contribution in [3.8, 4) is 17.2 Å². The van der Waals surface area contributed by atoms with Gasteiger partial charge in [0.05, 0.1) is 17.7 Å². The molecule has 6 nitrogen and oxygen atoms in total. The molecule has 3 aromatic rings. The molecule has 152 valence electrons. The summed E-state index contributed by atoms with van der Waals surface area (Å²) in [6, 6.07) is 22.5. The highest BCUT2D eigenvalue weighted by Crippen LogP contribution is 2.24. The van der Waals surface area contributed by atoms with E-state index < -0.39 is 10.0 Å². The number of hydrogen-bond acceptors (Lipinski definition) is 5. The zero-order chi connectivity index (χ0) is 20.7. The molecule has 0 aromatic heterocycles. The maximum atomic E-state index is 12.7. The smallest absolute Gasteiger partial charge is 0.264 e. The molecule has 0 aliphatic carbocycles. The molecule has 0 aliphatic rings. The molecule has 0 fully saturated rings. The SMILES string of the molecule is COc1ccc(OCCOc2ccc(N(C)S(=O)(=O)c3ccccc3)cc2)cc1. The first-order valence-electron chi connectivity index (χ1n) is 9.04. The van der Waals surface area contributed by atoms with Crippen LogP contribution in [0.25, 0.3) is 0 Å². The van der Waals surface area contributed by atoms with Crippen LogP contribution >= 0.6 is 0 Å². The Labute approximate surface area is 171 Å². The van der Waals surface area contributed by atoms with Crippen molar-refractivity contribution in [1.82, 2.24) is 0 Å². The van der Waals surface area contributed by atoms with E-state index >= 15 is 0 Å². The molecule has 0 spiro atoms. The lowest BCUT2D eigenvalue weighted by molar-refractivity contribution is 0.217. The fraction of sp³-hybridized carbons (Fsp3) is 0.182. The third-order valence-electron chi connectivity index (χ3n) is 4.28. The van der Waals surface area contributed by atoms with Crippen molar-refractivity contribution < 1.29 is 22.6 Å². The van der Waals surface area contributed by atoms with Crippen LogP contribution in [0.4, 0.5) is 5.69 Å². The van der Waals surface area contributed by atoms with Gasteiger partial charge < -0.3 is 14.2 Å². The Hall–Kier alpha value is -3.19. The second-order valence-electron chi connectivity index (χ2n) is 6.15. The van der Waals surface area contributed by atoms with Crippen LogP contribution in [-0.2, 0) is 10.0 Å². The quantitative estimate of drug-likeness (QED) is 0.497. The Morgan fingerprint density at radius 1 is 0.724 bits per heavy atom. The third-order valence-corrected chi connectivity index (χ3v) is 6.08. The molecule has 7 heteroatoms. The lowest BCUT2D eigenvalue weighted by Gasteiger charge is -2.19. The van der Waals surface area contributed by atoms with Crippen LogP contribution in [0.1, 0.15) is 0 Å². The van der Waals surface area contributed by atoms with Gasteiger partial charge in [-0.05, 0) is 60.7 Å². The van der Waals surface area contributed by atoms with Gasteiger partial charge in [0.2, 0.25) is 0 Å². The highest BCUT2D eigenvalue weighted by atomic mass is 32.2. The van der Waals surface area contributed by atoms with Crippen LogP contribution < -0.4 is 18.5 Å². The Morgan fingerprint density at radius 3 is 1.72 bits per heavy atom. The maximum Gasteiger partial charge on any atom is 0.264 e. The minimum atomic E-state index is -3.60. The van der Waals surface area contributed by atoms with Gasteiger partial charge in [-0.15, -0.1) is 0 Å². The predicted molar refractivity (Wildman–Crippen MR) is 112 cm³/mol. The highest BCUT2D eigenvalue weighted by Gasteiger charge is 2.20. The Bertz CT molecular complexity index is 1000. The highest BCUT2D eigenvalue weighted by molar-refractivity contribution is 7.92. The van der Waals surface area contributed by atoms with E-state index in [1.807, 2.05) is 24.3 Å². The first-order chi connectivity index (χ1) is 14.0. The lowest BCUT2D eigenvalue weighted by Crippen LogP contribution is -2.26. The van der Waals surface area contributed by atoms with Gasteiger partial charge in [-0.25, -0.2) is 8.42 Å². The average molecular weight is 413 g/mol. The van der Waals surface area contributed by atoms with Gasteiger partial charge in [0, 0.05) is 7.05 Å². The molecule has 3 rings (SSSR count). The molecule has 3 aromatic carbocycles. The summed E-state index contributed by atoms with van der Waals surface area (Å²) in [6.07, 6.45) is 0. The van der Waals surface area contributed by atoms with Gasteiger partial charge in [-0.2, -0.15) is 0 Å². The van der Waals surface area contributed by atoms with E-state index in [0.29, 0.717) is 24.7 Å². The van der Waals surface area contributed by atoms with Gasteiger partial charge in [0.15, 0.2) is 0 Å². The molecule has 0 N–H and O–H groups in total. The molecule has 0 radical (unpaired) electrons. The first kappa shape index (κ1) is 20.5. The Morgan fingerprint density at radius 2 is 1.21 bits per heavy atom. The summed E-state index contributed by atoms with van der Waals surface area (Å²) in [7, 11) is -0.454. The van der Waals surface area contributed by atoms with Gasteiger partial charge in [-0.1, -0.05) is 18.2 Å². The van der Waals surface area contributed by atoms with Crippen molar-refractivity contribution in [1.29, 1.82) is 0 Å². The summed E-state index contributed by atoms with van der Waals surface area (Å²) in [5, 5.41) is 0. The second kappa shape index (κ2) is 9.34. The van der Waals surface area contributed by atoms with E-state index in [0.717, 1.165) is 11.5 Å². The molecule has 0 amide bonds. The largest absolute Gasteiger partial charge is 0.497 e. The number of sulfonamides is 1. The summed E-state index contributed by atoms with van der Waals surface area (Å²) < 4.78 is 43.0. The standard InChI is InChI=1S/C22H23NO5S/c1-23(29(24,25)22-6-4-3-5-7-22)18-8-10-20(11-9-18)27-16-17-28-21-14-12-19(26-2)13-15-21/h3-15H,16-17H2,1-2H3. The second-order valence-corrected chi connectivity index (χ2v) is 8.12. The number of hydrogen-bond donors (Lipinski definition) is 0. The zero-order valence-electron chi connectivity index (χ0n) is 16.3. The fourth-order valence-corrected chi connectivity index (χ4v) is 3.85. The van der Waals surface area contributed by atoms with E-state index in [9.17, 15) is 8.42 Å². The van der Waals surface area contributed by atoms with Crippen LogP contribution in [0.2, 0.25) is 0 Å². The number of methoxy groups -OCH3 is 1. The van der Waals surface area contributed by atoms with Gasteiger partial charge in [0.1, 0.15) is 30.5 Å². The number of rotatable bonds is 9. The number of anilines is 1. The van der Waals surface area contributed by atoms with Gasteiger partial charge in [0.25, 0.3) is 10.0 Å². The van der Waals surface area contributed by atoms with Crippen LogP contribution in [0.3, 0.4) is 0 Å². The van der Waals surface area contributed by atoms with E-state index in [2.05, 4.69) is 0 Å². The third kappa shape index (κ3) is 5.20. The molecule has 0 heterocycles. The van der Waals surface area contributed by atoms with Crippen molar-refractivity contribution in [3.63, 3.8) is 0 Å². The van der Waals surface area contributed by atoms with E-state index in [1.54, 1.807) is 61.7 Å². The number of benzene rings is 3. The monoisotopic (exact) mass is 413 g/mol. The molecular weight excluding hydrogens is 390 g/mol. The van der Waals surface area contributed by atoms with Crippen molar-refractivity contribution in [2.24, 2.45) is 0 Å². The minimum Gasteiger partial charge on any atom is -0.497 e. The molecule has 0 unspecified atom stereocenters. The number of ether oxygens (including phenoxy) is 3. The first-order valence-corrected chi connectivity index (χ1v) is 10.5. The summed E-state index contributed by atoms with van der Waals surface area (Å²) in [6.45, 7) is 0.750. The maximum absolute atomic E-state index is 12.7. The van der Waals surface area contributed by atoms with E-state index in [-0.39, 0.29) is 4.90 Å². The number of nitrogens with zero attached hydrogens (tertiary/aromatic N) is 1. The minimum absolute atomic E-state index is 0.249. The van der Waals surface area contributed by atoms with Crippen LogP contribution in [0, 0.1) is 0 Å². The van der Waals surface area contributed by atoms with Crippen molar-refractivity contribution in [2.45, 2.75) is 4.90 Å². The summed E-state index contributed by atoms with van der Waals surface area (Å²) in [5.41, 5.74) is 0.552. The van der Waals surface area contributed by atoms with Gasteiger partial charge >= 0.3 is 0 Å². The Balaban J connectivity index is 1.53. The fourth-order valence-electron chi connectivity index (χ4n) is 2.63.